The first-order valence-corrected chi connectivity index (χ1v) is 9.20. The molecule has 1 N–H and O–H groups in total. The highest BCUT2D eigenvalue weighted by Crippen LogP contribution is 2.25. The second kappa shape index (κ2) is 6.64. The number of hydrogen-bond acceptors (Lipinski definition) is 5. The SMILES string of the molecule is CC(=O)N1CCc2c(nc(C)nc2NCc2nn(C)c3ccc(C)cc23)C1. The van der Waals surface area contributed by atoms with Gasteiger partial charge in [0.15, 0.2) is 0 Å². The van der Waals surface area contributed by atoms with Crippen LogP contribution in [0.4, 0.5) is 5.82 Å². The number of nitrogens with zero attached hydrogens (tertiary/aromatic N) is 5. The van der Waals surface area contributed by atoms with E-state index in [1.54, 1.807) is 6.92 Å². The minimum absolute atomic E-state index is 0.0850. The second-order valence-corrected chi connectivity index (χ2v) is 7.18. The van der Waals surface area contributed by atoms with Crippen LogP contribution in [-0.4, -0.2) is 37.1 Å². The van der Waals surface area contributed by atoms with Crippen LogP contribution in [0.2, 0.25) is 0 Å². The molecule has 0 atom stereocenters. The summed E-state index contributed by atoms with van der Waals surface area (Å²) in [7, 11) is 1.97. The quantitative estimate of drug-likeness (QED) is 0.773. The minimum Gasteiger partial charge on any atom is -0.364 e. The maximum Gasteiger partial charge on any atom is 0.219 e. The van der Waals surface area contributed by atoms with Crippen LogP contribution in [0.1, 0.15) is 35.3 Å². The number of rotatable bonds is 3. The van der Waals surface area contributed by atoms with Gasteiger partial charge in [-0.05, 0) is 32.4 Å². The van der Waals surface area contributed by atoms with E-state index in [4.69, 9.17) is 0 Å². The summed E-state index contributed by atoms with van der Waals surface area (Å²) in [6.07, 6.45) is 0.763. The van der Waals surface area contributed by atoms with E-state index in [1.807, 2.05) is 23.6 Å². The fraction of sp³-hybridized carbons (Fsp3) is 0.400. The molecular formula is C20H24N6O. The Morgan fingerprint density at radius 2 is 2.07 bits per heavy atom. The molecule has 3 heterocycles. The van der Waals surface area contributed by atoms with Crippen LogP contribution in [0.5, 0.6) is 0 Å². The average molecular weight is 364 g/mol. The van der Waals surface area contributed by atoms with Gasteiger partial charge in [-0.15, -0.1) is 0 Å². The Morgan fingerprint density at radius 1 is 1.26 bits per heavy atom. The van der Waals surface area contributed by atoms with Crippen molar-refractivity contribution < 1.29 is 4.79 Å². The second-order valence-electron chi connectivity index (χ2n) is 7.18. The molecule has 7 heteroatoms. The summed E-state index contributed by atoms with van der Waals surface area (Å²) >= 11 is 0. The van der Waals surface area contributed by atoms with E-state index in [2.05, 4.69) is 45.5 Å². The van der Waals surface area contributed by atoms with Gasteiger partial charge >= 0.3 is 0 Å². The maximum absolute atomic E-state index is 11.7. The van der Waals surface area contributed by atoms with Gasteiger partial charge in [0.1, 0.15) is 11.6 Å². The van der Waals surface area contributed by atoms with Crippen LogP contribution in [0.25, 0.3) is 10.9 Å². The zero-order valence-electron chi connectivity index (χ0n) is 16.2. The fourth-order valence-corrected chi connectivity index (χ4v) is 3.72. The lowest BCUT2D eigenvalue weighted by Gasteiger charge is -2.28. The van der Waals surface area contributed by atoms with Crippen molar-refractivity contribution in [2.24, 2.45) is 7.05 Å². The molecule has 0 aliphatic carbocycles. The van der Waals surface area contributed by atoms with Gasteiger partial charge in [0.05, 0.1) is 30.0 Å². The highest BCUT2D eigenvalue weighted by Gasteiger charge is 2.23. The van der Waals surface area contributed by atoms with E-state index in [1.165, 1.54) is 5.56 Å². The molecule has 1 aliphatic rings. The van der Waals surface area contributed by atoms with E-state index in [0.29, 0.717) is 25.5 Å². The number of nitrogens with one attached hydrogen (secondary N) is 1. The van der Waals surface area contributed by atoms with Crippen LogP contribution in [-0.2, 0) is 31.4 Å². The van der Waals surface area contributed by atoms with Gasteiger partial charge < -0.3 is 10.2 Å². The smallest absolute Gasteiger partial charge is 0.219 e. The predicted molar refractivity (Wildman–Crippen MR) is 104 cm³/mol. The molecule has 0 fully saturated rings. The molecule has 0 spiro atoms. The summed E-state index contributed by atoms with van der Waals surface area (Å²) in [5.74, 6) is 1.65. The maximum atomic E-state index is 11.7. The summed E-state index contributed by atoms with van der Waals surface area (Å²) in [5, 5.41) is 9.30. The van der Waals surface area contributed by atoms with Crippen molar-refractivity contribution in [2.45, 2.75) is 40.3 Å². The average Bonchev–Trinajstić information content (AvgIpc) is 2.94. The van der Waals surface area contributed by atoms with Gasteiger partial charge in [-0.2, -0.15) is 5.10 Å². The van der Waals surface area contributed by atoms with Gasteiger partial charge in [-0.3, -0.25) is 9.48 Å². The number of amides is 1. The zero-order chi connectivity index (χ0) is 19.1. The van der Waals surface area contributed by atoms with Crippen molar-refractivity contribution in [3.05, 3.63) is 46.5 Å². The van der Waals surface area contributed by atoms with E-state index in [-0.39, 0.29) is 5.91 Å². The highest BCUT2D eigenvalue weighted by atomic mass is 16.2. The van der Waals surface area contributed by atoms with Gasteiger partial charge in [0.25, 0.3) is 0 Å². The Hall–Kier alpha value is -2.96. The predicted octanol–water partition coefficient (Wildman–Crippen LogP) is 2.50. The van der Waals surface area contributed by atoms with Crippen molar-refractivity contribution in [1.82, 2.24) is 24.6 Å². The van der Waals surface area contributed by atoms with Crippen molar-refractivity contribution >= 4 is 22.6 Å². The molecule has 2 aromatic heterocycles. The summed E-state index contributed by atoms with van der Waals surface area (Å²) in [6, 6.07) is 6.38. The van der Waals surface area contributed by atoms with Crippen LogP contribution < -0.4 is 5.32 Å². The number of carbonyl (C=O) groups is 1. The molecule has 140 valence electrons. The first kappa shape index (κ1) is 17.5. The molecule has 1 aliphatic heterocycles. The number of carbonyl (C=O) groups excluding carboxylic acids is 1. The van der Waals surface area contributed by atoms with Gasteiger partial charge in [-0.1, -0.05) is 11.6 Å². The summed E-state index contributed by atoms with van der Waals surface area (Å²) in [4.78, 5) is 22.7. The van der Waals surface area contributed by atoms with Gasteiger partial charge in [-0.25, -0.2) is 9.97 Å². The first-order valence-electron chi connectivity index (χ1n) is 9.20. The van der Waals surface area contributed by atoms with E-state index in [9.17, 15) is 4.79 Å². The Labute approximate surface area is 158 Å². The number of aryl methyl sites for hydroxylation is 3. The van der Waals surface area contributed by atoms with E-state index < -0.39 is 0 Å². The Balaban J connectivity index is 1.63. The Bertz CT molecular complexity index is 1040. The molecule has 1 amide bonds. The third kappa shape index (κ3) is 3.25. The van der Waals surface area contributed by atoms with Crippen molar-refractivity contribution in [2.75, 3.05) is 11.9 Å². The number of anilines is 1. The van der Waals surface area contributed by atoms with Crippen LogP contribution in [0.3, 0.4) is 0 Å². The van der Waals surface area contributed by atoms with E-state index >= 15 is 0 Å². The molecule has 0 saturated carbocycles. The molecule has 0 radical (unpaired) electrons. The zero-order valence-corrected chi connectivity index (χ0v) is 16.2. The largest absolute Gasteiger partial charge is 0.364 e. The summed E-state index contributed by atoms with van der Waals surface area (Å²) in [6.45, 7) is 7.43. The van der Waals surface area contributed by atoms with Crippen LogP contribution in [0.15, 0.2) is 18.2 Å². The van der Waals surface area contributed by atoms with Crippen LogP contribution in [0, 0.1) is 13.8 Å². The topological polar surface area (TPSA) is 75.9 Å². The Morgan fingerprint density at radius 3 is 2.85 bits per heavy atom. The summed E-state index contributed by atoms with van der Waals surface area (Å²) < 4.78 is 1.91. The molecule has 27 heavy (non-hydrogen) atoms. The van der Waals surface area contributed by atoms with Gasteiger partial charge in [0, 0.05) is 31.5 Å². The number of hydrogen-bond donors (Lipinski definition) is 1. The monoisotopic (exact) mass is 364 g/mol. The van der Waals surface area contributed by atoms with Gasteiger partial charge in [0.2, 0.25) is 5.91 Å². The third-order valence-electron chi connectivity index (χ3n) is 5.13. The lowest BCUT2D eigenvalue weighted by atomic mass is 10.1. The Kier molecular flexibility index (Phi) is 4.30. The molecule has 7 nitrogen and oxygen atoms in total. The molecule has 0 unspecified atom stereocenters. The lowest BCUT2D eigenvalue weighted by Crippen LogP contribution is -2.35. The standard InChI is InChI=1S/C20H24N6O/c1-12-5-6-19-16(9-12)17(24-25(19)4)10-21-20-15-7-8-26(14(3)27)11-18(15)22-13(2)23-20/h5-6,9H,7-8,10-11H2,1-4H3,(H,21,22,23). The lowest BCUT2D eigenvalue weighted by molar-refractivity contribution is -0.129. The fourth-order valence-electron chi connectivity index (χ4n) is 3.72. The first-order chi connectivity index (χ1) is 12.9. The number of benzene rings is 1. The highest BCUT2D eigenvalue weighted by molar-refractivity contribution is 5.83. The third-order valence-corrected chi connectivity index (χ3v) is 5.13. The van der Waals surface area contributed by atoms with Crippen molar-refractivity contribution in [3.63, 3.8) is 0 Å². The molecule has 0 saturated heterocycles. The number of fused-ring (bicyclic) bond motifs is 2. The van der Waals surface area contributed by atoms with E-state index in [0.717, 1.165) is 40.1 Å². The molecule has 0 bridgehead atoms. The van der Waals surface area contributed by atoms with Crippen LogP contribution >= 0.6 is 0 Å². The molecule has 3 aromatic rings. The van der Waals surface area contributed by atoms with Crippen molar-refractivity contribution in [1.29, 1.82) is 0 Å². The number of aromatic nitrogens is 4. The van der Waals surface area contributed by atoms with Crippen molar-refractivity contribution in [3.8, 4) is 0 Å². The summed E-state index contributed by atoms with van der Waals surface area (Å²) in [5.41, 5.74) is 5.39. The molecule has 1 aromatic carbocycles. The molecule has 4 rings (SSSR count). The minimum atomic E-state index is 0.0850. The normalized spacial score (nSPS) is 13.7. The molecular weight excluding hydrogens is 340 g/mol.